The maximum Gasteiger partial charge on any atom is 0.412 e. The number of halogens is 6. The molecule has 0 saturated carbocycles. The molecule has 0 nitrogen and oxygen atoms in total. The quantitative estimate of drug-likeness (QED) is 0.395. The Bertz CT molecular complexity index is 159. The van der Waals surface area contributed by atoms with Gasteiger partial charge >= 0.3 is 12.4 Å². The Morgan fingerprint density at radius 2 is 1.36 bits per heavy atom. The Labute approximate surface area is 58.5 Å². The Kier molecular flexibility index (Phi) is 2.58. The van der Waals surface area contributed by atoms with Crippen LogP contribution in [0.2, 0.25) is 0 Å². The fourth-order valence-electron chi connectivity index (χ4n) is 0.327. The topological polar surface area (TPSA) is 0 Å². The van der Waals surface area contributed by atoms with Gasteiger partial charge in [0, 0.05) is 11.6 Å². The molecule has 0 unspecified atom stereocenters. The van der Waals surface area contributed by atoms with Crippen LogP contribution in [0, 0.1) is 0 Å². The standard InChI is InChI=1S/C5H4F6/c1-3(5(9,10)11)2-4(6,7)8/h2H,1H3/b3-2+. The minimum Gasteiger partial charge on any atom is -0.167 e. The Balaban J connectivity index is 4.49. The lowest BCUT2D eigenvalue weighted by Gasteiger charge is -2.07. The van der Waals surface area contributed by atoms with Crippen LogP contribution in [0.15, 0.2) is 11.6 Å². The number of allylic oxidation sites excluding steroid dienone is 2. The Morgan fingerprint density at radius 1 is 1.00 bits per heavy atom. The van der Waals surface area contributed by atoms with Crippen LogP contribution in [0.3, 0.4) is 0 Å². The van der Waals surface area contributed by atoms with E-state index in [1.54, 1.807) is 0 Å². The molecule has 11 heavy (non-hydrogen) atoms. The highest BCUT2D eigenvalue weighted by molar-refractivity contribution is 5.08. The van der Waals surface area contributed by atoms with E-state index in [0.717, 1.165) is 0 Å². The summed E-state index contributed by atoms with van der Waals surface area (Å²) in [5.74, 6) is 0. The lowest BCUT2D eigenvalue weighted by atomic mass is 10.3. The summed E-state index contributed by atoms with van der Waals surface area (Å²) in [6.07, 6.45) is -10.6. The van der Waals surface area contributed by atoms with Crippen molar-refractivity contribution < 1.29 is 26.3 Å². The van der Waals surface area contributed by atoms with Crippen LogP contribution in [-0.2, 0) is 0 Å². The number of hydrogen-bond donors (Lipinski definition) is 0. The highest BCUT2D eigenvalue weighted by Crippen LogP contribution is 2.29. The molecule has 0 aromatic carbocycles. The molecule has 0 aliphatic rings. The van der Waals surface area contributed by atoms with Crippen LogP contribution in [0.5, 0.6) is 0 Å². The van der Waals surface area contributed by atoms with Crippen molar-refractivity contribution in [1.82, 2.24) is 0 Å². The summed E-state index contributed by atoms with van der Waals surface area (Å²) >= 11 is 0. The fraction of sp³-hybridized carbons (Fsp3) is 0.600. The second kappa shape index (κ2) is 2.75. The summed E-state index contributed by atoms with van der Waals surface area (Å²) in [7, 11) is 0. The first-order valence-corrected chi connectivity index (χ1v) is 2.46. The zero-order valence-corrected chi connectivity index (χ0v) is 5.35. The predicted molar refractivity (Wildman–Crippen MR) is 25.9 cm³/mol. The summed E-state index contributed by atoms with van der Waals surface area (Å²) in [5.41, 5.74) is -1.65. The van der Waals surface area contributed by atoms with Gasteiger partial charge in [0.05, 0.1) is 0 Å². The van der Waals surface area contributed by atoms with Crippen LogP contribution >= 0.6 is 0 Å². The lowest BCUT2D eigenvalue weighted by molar-refractivity contribution is -0.107. The summed E-state index contributed by atoms with van der Waals surface area (Å²) in [4.78, 5) is 0. The third-order valence-electron chi connectivity index (χ3n) is 0.827. The van der Waals surface area contributed by atoms with Crippen molar-refractivity contribution >= 4 is 0 Å². The first-order chi connectivity index (χ1) is 4.63. The van der Waals surface area contributed by atoms with Crippen LogP contribution in [0.4, 0.5) is 26.3 Å². The van der Waals surface area contributed by atoms with Gasteiger partial charge in [0.25, 0.3) is 0 Å². The van der Waals surface area contributed by atoms with Gasteiger partial charge in [0.1, 0.15) is 0 Å². The summed E-state index contributed by atoms with van der Waals surface area (Å²) in [6.45, 7) is 0.369. The van der Waals surface area contributed by atoms with Gasteiger partial charge in [-0.1, -0.05) is 0 Å². The molecule has 0 rings (SSSR count). The average molecular weight is 178 g/mol. The van der Waals surface area contributed by atoms with Gasteiger partial charge in [0.15, 0.2) is 0 Å². The van der Waals surface area contributed by atoms with E-state index in [4.69, 9.17) is 0 Å². The van der Waals surface area contributed by atoms with E-state index in [1.165, 1.54) is 0 Å². The van der Waals surface area contributed by atoms with Crippen molar-refractivity contribution in [2.45, 2.75) is 19.3 Å². The van der Waals surface area contributed by atoms with E-state index in [1.807, 2.05) is 0 Å². The minimum atomic E-state index is -4.90. The molecule has 0 bridgehead atoms. The number of rotatable bonds is 0. The van der Waals surface area contributed by atoms with E-state index < -0.39 is 24.0 Å². The van der Waals surface area contributed by atoms with Crippen molar-refractivity contribution in [2.75, 3.05) is 0 Å². The minimum absolute atomic E-state index is 0.369. The van der Waals surface area contributed by atoms with E-state index in [2.05, 4.69) is 0 Å². The average Bonchev–Trinajstić information content (AvgIpc) is 1.56. The van der Waals surface area contributed by atoms with Gasteiger partial charge < -0.3 is 0 Å². The highest BCUT2D eigenvalue weighted by atomic mass is 19.4. The maximum atomic E-state index is 11.4. The molecule has 0 atom stereocenters. The van der Waals surface area contributed by atoms with Gasteiger partial charge in [-0.05, 0) is 6.92 Å². The molecule has 0 N–H and O–H groups in total. The molecular formula is C5H4F6. The molecule has 0 aliphatic heterocycles. The van der Waals surface area contributed by atoms with Crippen LogP contribution in [-0.4, -0.2) is 12.4 Å². The summed E-state index contributed by atoms with van der Waals surface area (Å²) < 4.78 is 68.0. The molecule has 0 spiro atoms. The first-order valence-electron chi connectivity index (χ1n) is 2.46. The van der Waals surface area contributed by atoms with Gasteiger partial charge in [0.2, 0.25) is 0 Å². The third-order valence-corrected chi connectivity index (χ3v) is 0.827. The van der Waals surface area contributed by atoms with E-state index in [9.17, 15) is 26.3 Å². The Hall–Kier alpha value is -0.680. The molecule has 6 heteroatoms. The molecule has 0 aliphatic carbocycles. The maximum absolute atomic E-state index is 11.4. The van der Waals surface area contributed by atoms with Crippen LogP contribution in [0.25, 0.3) is 0 Å². The van der Waals surface area contributed by atoms with Crippen molar-refractivity contribution in [1.29, 1.82) is 0 Å². The summed E-state index contributed by atoms with van der Waals surface area (Å²) in [6, 6.07) is 0. The fourth-order valence-corrected chi connectivity index (χ4v) is 0.327. The second-order valence-corrected chi connectivity index (χ2v) is 1.87. The highest BCUT2D eigenvalue weighted by Gasteiger charge is 2.35. The molecular weight excluding hydrogens is 174 g/mol. The zero-order chi connectivity index (χ0) is 9.28. The molecule has 0 fully saturated rings. The van der Waals surface area contributed by atoms with Crippen molar-refractivity contribution in [3.63, 3.8) is 0 Å². The van der Waals surface area contributed by atoms with E-state index in [-0.39, 0.29) is 0 Å². The molecule has 0 heterocycles. The van der Waals surface area contributed by atoms with Crippen LogP contribution in [0.1, 0.15) is 6.92 Å². The van der Waals surface area contributed by atoms with Crippen molar-refractivity contribution in [2.24, 2.45) is 0 Å². The normalized spacial score (nSPS) is 15.4. The van der Waals surface area contributed by atoms with Gasteiger partial charge in [-0.15, -0.1) is 0 Å². The molecule has 0 saturated heterocycles. The molecule has 0 aromatic heterocycles. The zero-order valence-electron chi connectivity index (χ0n) is 5.35. The van der Waals surface area contributed by atoms with E-state index in [0.29, 0.717) is 6.92 Å². The monoisotopic (exact) mass is 178 g/mol. The van der Waals surface area contributed by atoms with Gasteiger partial charge in [-0.3, -0.25) is 0 Å². The van der Waals surface area contributed by atoms with Gasteiger partial charge in [-0.25, -0.2) is 0 Å². The van der Waals surface area contributed by atoms with Crippen molar-refractivity contribution in [3.05, 3.63) is 11.6 Å². The lowest BCUT2D eigenvalue weighted by Crippen LogP contribution is -2.13. The third kappa shape index (κ3) is 4.69. The smallest absolute Gasteiger partial charge is 0.167 e. The van der Waals surface area contributed by atoms with Gasteiger partial charge in [-0.2, -0.15) is 26.3 Å². The number of hydrogen-bond acceptors (Lipinski definition) is 0. The first kappa shape index (κ1) is 10.3. The summed E-state index contributed by atoms with van der Waals surface area (Å²) in [5, 5.41) is 0. The van der Waals surface area contributed by atoms with E-state index >= 15 is 0 Å². The van der Waals surface area contributed by atoms with Crippen LogP contribution < -0.4 is 0 Å². The predicted octanol–water partition coefficient (Wildman–Crippen LogP) is 3.06. The molecule has 0 radical (unpaired) electrons. The number of alkyl halides is 6. The molecule has 0 amide bonds. The van der Waals surface area contributed by atoms with Crippen molar-refractivity contribution in [3.8, 4) is 0 Å². The largest absolute Gasteiger partial charge is 0.412 e. The molecule has 0 aromatic rings. The Morgan fingerprint density at radius 3 is 1.45 bits per heavy atom. The second-order valence-electron chi connectivity index (χ2n) is 1.87. The molecule has 66 valence electrons. The SMILES string of the molecule is C/C(=C\C(F)(F)F)C(F)(F)F.